The molecule has 0 bridgehead atoms. The molecule has 112 valence electrons. The van der Waals surface area contributed by atoms with Gasteiger partial charge in [-0.1, -0.05) is 15.9 Å². The van der Waals surface area contributed by atoms with Crippen molar-refractivity contribution in [2.24, 2.45) is 5.92 Å². The number of alkyl halides is 1. The number of hydrogen-bond acceptors (Lipinski definition) is 4. The SMILES string of the molecule is O=[N+]([O-])c1ccc2nc(N3CCCC(CCBr)C3)[nH]c2c1. The molecule has 2 aromatic rings. The van der Waals surface area contributed by atoms with Crippen LogP contribution in [-0.2, 0) is 0 Å². The van der Waals surface area contributed by atoms with E-state index in [2.05, 4.69) is 30.8 Å². The van der Waals surface area contributed by atoms with Gasteiger partial charge in [0.05, 0.1) is 16.0 Å². The zero-order valence-electron chi connectivity index (χ0n) is 11.6. The first-order valence-corrected chi connectivity index (χ1v) is 8.24. The van der Waals surface area contributed by atoms with Gasteiger partial charge in [0.15, 0.2) is 0 Å². The number of aromatic amines is 1. The third kappa shape index (κ3) is 3.02. The molecule has 7 heteroatoms. The maximum absolute atomic E-state index is 10.8. The average molecular weight is 353 g/mol. The molecule has 1 saturated heterocycles. The molecule has 3 rings (SSSR count). The first-order chi connectivity index (χ1) is 10.2. The lowest BCUT2D eigenvalue weighted by atomic mass is 9.96. The number of hydrogen-bond donors (Lipinski definition) is 1. The number of fused-ring (bicyclic) bond motifs is 1. The van der Waals surface area contributed by atoms with Crippen LogP contribution in [0, 0.1) is 16.0 Å². The van der Waals surface area contributed by atoms with Gasteiger partial charge in [0.1, 0.15) is 0 Å². The second-order valence-corrected chi connectivity index (χ2v) is 6.24. The molecule has 2 heterocycles. The van der Waals surface area contributed by atoms with Gasteiger partial charge in [-0.2, -0.15) is 0 Å². The van der Waals surface area contributed by atoms with Gasteiger partial charge in [-0.05, 0) is 31.2 Å². The third-order valence-electron chi connectivity index (χ3n) is 4.00. The highest BCUT2D eigenvalue weighted by molar-refractivity contribution is 9.09. The summed E-state index contributed by atoms with van der Waals surface area (Å²) in [7, 11) is 0. The van der Waals surface area contributed by atoms with E-state index in [-0.39, 0.29) is 10.6 Å². The number of rotatable bonds is 4. The molecule has 1 atom stereocenters. The van der Waals surface area contributed by atoms with Crippen molar-refractivity contribution in [3.8, 4) is 0 Å². The van der Waals surface area contributed by atoms with Crippen LogP contribution in [0.15, 0.2) is 18.2 Å². The lowest BCUT2D eigenvalue weighted by molar-refractivity contribution is -0.384. The number of piperidine rings is 1. The maximum atomic E-state index is 10.8. The van der Waals surface area contributed by atoms with Gasteiger partial charge in [0.25, 0.3) is 5.69 Å². The van der Waals surface area contributed by atoms with Gasteiger partial charge in [0.2, 0.25) is 5.95 Å². The molecule has 1 N–H and O–H groups in total. The second kappa shape index (κ2) is 6.01. The highest BCUT2D eigenvalue weighted by Gasteiger charge is 2.22. The predicted molar refractivity (Wildman–Crippen MR) is 86.1 cm³/mol. The average Bonchev–Trinajstić information content (AvgIpc) is 2.91. The largest absolute Gasteiger partial charge is 0.342 e. The molecular formula is C14H17BrN4O2. The topological polar surface area (TPSA) is 75.1 Å². The number of H-pyrrole nitrogens is 1. The summed E-state index contributed by atoms with van der Waals surface area (Å²) >= 11 is 3.50. The van der Waals surface area contributed by atoms with Gasteiger partial charge in [-0.3, -0.25) is 10.1 Å². The normalized spacial score (nSPS) is 19.1. The molecule has 6 nitrogen and oxygen atoms in total. The number of aromatic nitrogens is 2. The fraction of sp³-hybridized carbons (Fsp3) is 0.500. The van der Waals surface area contributed by atoms with E-state index >= 15 is 0 Å². The van der Waals surface area contributed by atoms with Crippen LogP contribution in [0.2, 0.25) is 0 Å². The summed E-state index contributed by atoms with van der Waals surface area (Å²) in [6.07, 6.45) is 3.59. The molecule has 1 aromatic heterocycles. The molecule has 1 aliphatic rings. The third-order valence-corrected chi connectivity index (χ3v) is 4.46. The second-order valence-electron chi connectivity index (χ2n) is 5.45. The highest BCUT2D eigenvalue weighted by atomic mass is 79.9. The molecule has 0 saturated carbocycles. The molecule has 1 aromatic carbocycles. The monoisotopic (exact) mass is 352 g/mol. The number of imidazole rings is 1. The molecule has 1 fully saturated rings. The standard InChI is InChI=1S/C14H17BrN4O2/c15-6-5-10-2-1-7-18(9-10)14-16-12-4-3-11(19(20)21)8-13(12)17-14/h3-4,8,10H,1-2,5-7,9H2,(H,16,17). The number of nitro groups is 1. The molecule has 21 heavy (non-hydrogen) atoms. The summed E-state index contributed by atoms with van der Waals surface area (Å²) in [6, 6.07) is 4.75. The van der Waals surface area contributed by atoms with E-state index < -0.39 is 0 Å². The number of nitrogens with one attached hydrogen (secondary N) is 1. The Labute approximate surface area is 130 Å². The first-order valence-electron chi connectivity index (χ1n) is 7.12. The van der Waals surface area contributed by atoms with E-state index in [4.69, 9.17) is 0 Å². The van der Waals surface area contributed by atoms with E-state index in [9.17, 15) is 10.1 Å². The number of benzene rings is 1. The summed E-state index contributed by atoms with van der Waals surface area (Å²) in [5, 5.41) is 11.9. The van der Waals surface area contributed by atoms with Crippen molar-refractivity contribution in [2.75, 3.05) is 23.3 Å². The molecule has 1 unspecified atom stereocenters. The summed E-state index contributed by atoms with van der Waals surface area (Å²) in [5.74, 6) is 1.51. The number of non-ortho nitro benzene ring substituents is 1. The number of nitrogens with zero attached hydrogens (tertiary/aromatic N) is 3. The molecule has 0 spiro atoms. The molecule has 0 radical (unpaired) electrons. The van der Waals surface area contributed by atoms with Crippen LogP contribution < -0.4 is 4.90 Å². The van der Waals surface area contributed by atoms with Crippen molar-refractivity contribution < 1.29 is 4.92 Å². The van der Waals surface area contributed by atoms with Crippen molar-refractivity contribution in [1.29, 1.82) is 0 Å². The predicted octanol–water partition coefficient (Wildman–Crippen LogP) is 3.47. The van der Waals surface area contributed by atoms with Crippen molar-refractivity contribution in [3.63, 3.8) is 0 Å². The number of nitro benzene ring substituents is 1. The van der Waals surface area contributed by atoms with Crippen LogP contribution in [0.4, 0.5) is 11.6 Å². The maximum Gasteiger partial charge on any atom is 0.271 e. The van der Waals surface area contributed by atoms with Crippen molar-refractivity contribution in [1.82, 2.24) is 9.97 Å². The van der Waals surface area contributed by atoms with E-state index in [0.29, 0.717) is 5.92 Å². The van der Waals surface area contributed by atoms with Crippen LogP contribution >= 0.6 is 15.9 Å². The Kier molecular flexibility index (Phi) is 4.10. The number of halogens is 1. The van der Waals surface area contributed by atoms with Crippen LogP contribution in [0.5, 0.6) is 0 Å². The molecule has 0 aliphatic carbocycles. The van der Waals surface area contributed by atoms with Crippen molar-refractivity contribution in [2.45, 2.75) is 19.3 Å². The zero-order chi connectivity index (χ0) is 14.8. The lowest BCUT2D eigenvalue weighted by Crippen LogP contribution is -2.36. The molecular weight excluding hydrogens is 336 g/mol. The van der Waals surface area contributed by atoms with Crippen LogP contribution in [-0.4, -0.2) is 33.3 Å². The number of anilines is 1. The Bertz CT molecular complexity index is 655. The molecule has 1 aliphatic heterocycles. The quantitative estimate of drug-likeness (QED) is 0.519. The zero-order valence-corrected chi connectivity index (χ0v) is 13.2. The smallest absolute Gasteiger partial charge is 0.271 e. The molecule has 0 amide bonds. The van der Waals surface area contributed by atoms with E-state index in [1.165, 1.54) is 18.9 Å². The summed E-state index contributed by atoms with van der Waals surface area (Å²) in [4.78, 5) is 20.5. The summed E-state index contributed by atoms with van der Waals surface area (Å²) in [6.45, 7) is 1.98. The van der Waals surface area contributed by atoms with Gasteiger partial charge in [-0.25, -0.2) is 4.98 Å². The van der Waals surface area contributed by atoms with Crippen LogP contribution in [0.1, 0.15) is 19.3 Å². The minimum atomic E-state index is -0.382. The summed E-state index contributed by atoms with van der Waals surface area (Å²) < 4.78 is 0. The van der Waals surface area contributed by atoms with Gasteiger partial charge in [-0.15, -0.1) is 0 Å². The van der Waals surface area contributed by atoms with Crippen molar-refractivity contribution in [3.05, 3.63) is 28.3 Å². The Morgan fingerprint density at radius 2 is 2.38 bits per heavy atom. The Hall–Kier alpha value is -1.63. The van der Waals surface area contributed by atoms with E-state index in [1.54, 1.807) is 12.1 Å². The van der Waals surface area contributed by atoms with E-state index in [1.807, 2.05) is 0 Å². The van der Waals surface area contributed by atoms with Gasteiger partial charge < -0.3 is 9.88 Å². The highest BCUT2D eigenvalue weighted by Crippen LogP contribution is 2.26. The fourth-order valence-corrected chi connectivity index (χ4v) is 3.54. The Morgan fingerprint density at radius 1 is 1.52 bits per heavy atom. The van der Waals surface area contributed by atoms with E-state index in [0.717, 1.165) is 41.8 Å². The Balaban J connectivity index is 1.85. The van der Waals surface area contributed by atoms with Crippen LogP contribution in [0.25, 0.3) is 11.0 Å². The minimum absolute atomic E-state index is 0.0912. The fourth-order valence-electron chi connectivity index (χ4n) is 2.89. The first kappa shape index (κ1) is 14.3. The summed E-state index contributed by atoms with van der Waals surface area (Å²) in [5.41, 5.74) is 1.59. The Morgan fingerprint density at radius 3 is 3.14 bits per heavy atom. The van der Waals surface area contributed by atoms with Gasteiger partial charge >= 0.3 is 0 Å². The van der Waals surface area contributed by atoms with Gasteiger partial charge in [0, 0.05) is 30.6 Å². The lowest BCUT2D eigenvalue weighted by Gasteiger charge is -2.32. The van der Waals surface area contributed by atoms with Crippen LogP contribution in [0.3, 0.4) is 0 Å². The van der Waals surface area contributed by atoms with Crippen molar-refractivity contribution >= 4 is 38.6 Å². The minimum Gasteiger partial charge on any atom is -0.342 e.